The summed E-state index contributed by atoms with van der Waals surface area (Å²) in [6, 6.07) is 10.2. The Kier molecular flexibility index (Phi) is 6.45. The molecule has 0 bridgehead atoms. The third-order valence-corrected chi connectivity index (χ3v) is 4.19. The Hall–Kier alpha value is -1.82. The number of amides is 1. The lowest BCUT2D eigenvalue weighted by Crippen LogP contribution is -2.25. The number of carbonyl (C=O) groups is 1. The molecule has 1 aromatic heterocycles. The van der Waals surface area contributed by atoms with E-state index in [4.69, 9.17) is 0 Å². The van der Waals surface area contributed by atoms with Gasteiger partial charge < -0.3 is 9.88 Å². The number of thioether (sulfide) groups is 1. The van der Waals surface area contributed by atoms with Gasteiger partial charge in [-0.05, 0) is 18.9 Å². The Morgan fingerprint density at radius 1 is 1.23 bits per heavy atom. The molecule has 118 valence electrons. The fourth-order valence-corrected chi connectivity index (χ4v) is 2.95. The van der Waals surface area contributed by atoms with Crippen molar-refractivity contribution in [2.24, 2.45) is 0 Å². The van der Waals surface area contributed by atoms with Crippen LogP contribution in [0.4, 0.5) is 0 Å². The number of hydrogen-bond acceptors (Lipinski definition) is 4. The van der Waals surface area contributed by atoms with E-state index in [1.165, 1.54) is 17.3 Å². The summed E-state index contributed by atoms with van der Waals surface area (Å²) in [6.45, 7) is 5.63. The fraction of sp³-hybridized carbons (Fsp3) is 0.438. The molecule has 1 N–H and O–H groups in total. The summed E-state index contributed by atoms with van der Waals surface area (Å²) < 4.78 is 2.07. The number of carbonyl (C=O) groups excluding carboxylic acids is 1. The predicted octanol–water partition coefficient (Wildman–Crippen LogP) is 2.51. The van der Waals surface area contributed by atoms with Crippen molar-refractivity contribution in [1.82, 2.24) is 20.1 Å². The molecule has 2 rings (SSSR count). The van der Waals surface area contributed by atoms with Gasteiger partial charge >= 0.3 is 0 Å². The van der Waals surface area contributed by atoms with Crippen LogP contribution < -0.4 is 5.32 Å². The van der Waals surface area contributed by atoms with Gasteiger partial charge in [-0.1, -0.05) is 49.0 Å². The second-order valence-corrected chi connectivity index (χ2v) is 5.89. The zero-order valence-electron chi connectivity index (χ0n) is 13.1. The van der Waals surface area contributed by atoms with Crippen molar-refractivity contribution in [3.05, 3.63) is 41.7 Å². The van der Waals surface area contributed by atoms with Crippen molar-refractivity contribution in [3.8, 4) is 0 Å². The molecule has 0 aliphatic heterocycles. The summed E-state index contributed by atoms with van der Waals surface area (Å²) in [5.41, 5.74) is 1.21. The van der Waals surface area contributed by atoms with Crippen LogP contribution in [0.5, 0.6) is 0 Å². The largest absolute Gasteiger partial charge is 0.355 e. The van der Waals surface area contributed by atoms with Crippen LogP contribution in [-0.4, -0.2) is 33.0 Å². The first kappa shape index (κ1) is 16.5. The summed E-state index contributed by atoms with van der Waals surface area (Å²) in [5, 5.41) is 12.2. The molecular weight excluding hydrogens is 296 g/mol. The van der Waals surface area contributed by atoms with Crippen LogP contribution in [0.1, 0.15) is 31.7 Å². The molecule has 0 spiro atoms. The van der Waals surface area contributed by atoms with Crippen molar-refractivity contribution in [2.75, 3.05) is 12.3 Å². The van der Waals surface area contributed by atoms with E-state index in [1.54, 1.807) is 0 Å². The van der Waals surface area contributed by atoms with Crippen molar-refractivity contribution in [1.29, 1.82) is 0 Å². The van der Waals surface area contributed by atoms with Gasteiger partial charge in [-0.2, -0.15) is 0 Å². The summed E-state index contributed by atoms with van der Waals surface area (Å²) in [5.74, 6) is 1.36. The van der Waals surface area contributed by atoms with Crippen LogP contribution in [0.2, 0.25) is 0 Å². The van der Waals surface area contributed by atoms with Gasteiger partial charge in [0.05, 0.1) is 5.75 Å². The maximum Gasteiger partial charge on any atom is 0.230 e. The van der Waals surface area contributed by atoms with E-state index in [1.807, 2.05) is 25.1 Å². The van der Waals surface area contributed by atoms with Crippen LogP contribution in [0.3, 0.4) is 0 Å². The minimum absolute atomic E-state index is 0.0436. The van der Waals surface area contributed by atoms with Crippen LogP contribution in [0.25, 0.3) is 0 Å². The third-order valence-electron chi connectivity index (χ3n) is 3.22. The Balaban J connectivity index is 2.00. The number of nitrogens with one attached hydrogen (secondary N) is 1. The van der Waals surface area contributed by atoms with Gasteiger partial charge in [0.25, 0.3) is 0 Å². The molecule has 0 saturated carbocycles. The van der Waals surface area contributed by atoms with Crippen molar-refractivity contribution >= 4 is 17.7 Å². The second-order valence-electron chi connectivity index (χ2n) is 4.94. The molecule has 1 heterocycles. The third kappa shape index (κ3) is 4.59. The number of hydrogen-bond donors (Lipinski definition) is 1. The molecular formula is C16H22N4OS. The minimum Gasteiger partial charge on any atom is -0.355 e. The van der Waals surface area contributed by atoms with Gasteiger partial charge in [0.1, 0.15) is 5.82 Å². The highest BCUT2D eigenvalue weighted by Gasteiger charge is 2.13. The topological polar surface area (TPSA) is 59.8 Å². The minimum atomic E-state index is 0.0436. The Morgan fingerprint density at radius 2 is 2.00 bits per heavy atom. The molecule has 1 aromatic carbocycles. The maximum absolute atomic E-state index is 11.7. The number of aromatic nitrogens is 3. The van der Waals surface area contributed by atoms with E-state index in [2.05, 4.69) is 39.1 Å². The van der Waals surface area contributed by atoms with Gasteiger partial charge in [0.15, 0.2) is 5.16 Å². The standard InChI is InChI=1S/C16H22N4OS/c1-3-10-17-15(21)12-22-16-19-18-14(20(16)4-2)11-13-8-6-5-7-9-13/h5-9H,3-4,10-12H2,1-2H3,(H,17,21). The molecule has 2 aromatic rings. The first-order valence-corrected chi connectivity index (χ1v) is 8.58. The quantitative estimate of drug-likeness (QED) is 0.760. The van der Waals surface area contributed by atoms with Crippen LogP contribution in [-0.2, 0) is 17.8 Å². The normalized spacial score (nSPS) is 10.6. The molecule has 0 saturated heterocycles. The Labute approximate surface area is 135 Å². The van der Waals surface area contributed by atoms with Crippen LogP contribution in [0, 0.1) is 0 Å². The van der Waals surface area contributed by atoms with Crippen molar-refractivity contribution in [2.45, 2.75) is 38.4 Å². The maximum atomic E-state index is 11.7. The van der Waals surface area contributed by atoms with E-state index in [0.717, 1.165) is 36.9 Å². The van der Waals surface area contributed by atoms with E-state index in [-0.39, 0.29) is 5.91 Å². The van der Waals surface area contributed by atoms with Crippen LogP contribution >= 0.6 is 11.8 Å². The highest BCUT2D eigenvalue weighted by Crippen LogP contribution is 2.18. The average Bonchev–Trinajstić information content (AvgIpc) is 2.93. The van der Waals surface area contributed by atoms with Gasteiger partial charge in [0.2, 0.25) is 5.91 Å². The molecule has 0 aliphatic rings. The lowest BCUT2D eigenvalue weighted by Gasteiger charge is -2.07. The summed E-state index contributed by atoms with van der Waals surface area (Å²) in [7, 11) is 0. The molecule has 0 fully saturated rings. The fourth-order valence-electron chi connectivity index (χ4n) is 2.10. The highest BCUT2D eigenvalue weighted by molar-refractivity contribution is 7.99. The second kappa shape index (κ2) is 8.58. The van der Waals surface area contributed by atoms with E-state index in [0.29, 0.717) is 5.75 Å². The molecule has 5 nitrogen and oxygen atoms in total. The number of rotatable bonds is 8. The van der Waals surface area contributed by atoms with Gasteiger partial charge in [-0.3, -0.25) is 4.79 Å². The summed E-state index contributed by atoms with van der Waals surface area (Å²) in [6.07, 6.45) is 1.70. The molecule has 0 aliphatic carbocycles. The zero-order valence-corrected chi connectivity index (χ0v) is 13.9. The van der Waals surface area contributed by atoms with Gasteiger partial charge in [-0.25, -0.2) is 0 Å². The van der Waals surface area contributed by atoms with Gasteiger partial charge in [-0.15, -0.1) is 10.2 Å². The number of benzene rings is 1. The SMILES string of the molecule is CCCNC(=O)CSc1nnc(Cc2ccccc2)n1CC. The van der Waals surface area contributed by atoms with Crippen LogP contribution in [0.15, 0.2) is 35.5 Å². The molecule has 22 heavy (non-hydrogen) atoms. The van der Waals surface area contributed by atoms with Gasteiger partial charge in [0, 0.05) is 19.5 Å². The average molecular weight is 318 g/mol. The lowest BCUT2D eigenvalue weighted by molar-refractivity contribution is -0.118. The summed E-state index contributed by atoms with van der Waals surface area (Å²) in [4.78, 5) is 11.7. The Morgan fingerprint density at radius 3 is 2.68 bits per heavy atom. The first-order valence-electron chi connectivity index (χ1n) is 7.60. The number of nitrogens with zero attached hydrogens (tertiary/aromatic N) is 3. The summed E-state index contributed by atoms with van der Waals surface area (Å²) >= 11 is 1.44. The molecule has 0 radical (unpaired) electrons. The van der Waals surface area contributed by atoms with E-state index >= 15 is 0 Å². The first-order chi connectivity index (χ1) is 10.7. The van der Waals surface area contributed by atoms with E-state index in [9.17, 15) is 4.79 Å². The molecule has 6 heteroatoms. The van der Waals surface area contributed by atoms with Crippen molar-refractivity contribution in [3.63, 3.8) is 0 Å². The Bertz CT molecular complexity index is 597. The molecule has 0 atom stereocenters. The lowest BCUT2D eigenvalue weighted by atomic mass is 10.1. The van der Waals surface area contributed by atoms with Crippen molar-refractivity contribution < 1.29 is 4.79 Å². The zero-order chi connectivity index (χ0) is 15.8. The smallest absolute Gasteiger partial charge is 0.230 e. The molecule has 1 amide bonds. The van der Waals surface area contributed by atoms with E-state index < -0.39 is 0 Å². The molecule has 0 unspecified atom stereocenters. The predicted molar refractivity (Wildman–Crippen MR) is 89.0 cm³/mol. The monoisotopic (exact) mass is 318 g/mol. The highest BCUT2D eigenvalue weighted by atomic mass is 32.2.